The molecule has 9 heteroatoms. The predicted molar refractivity (Wildman–Crippen MR) is 25.3 cm³/mol. The second kappa shape index (κ2) is 3.52. The molecule has 0 saturated heterocycles. The summed E-state index contributed by atoms with van der Waals surface area (Å²) in [4.78, 5) is 0. The molecule has 0 atom stereocenters. The minimum absolute atomic E-state index is 0. The largest absolute Gasteiger partial charge is 1.00 e. The number of hydrogen-bond acceptors (Lipinski definition) is 2. The normalized spacial score (nSPS) is 13.8. The molecule has 0 aliphatic heterocycles. The van der Waals surface area contributed by atoms with Crippen LogP contribution in [0.5, 0.6) is 0 Å². The van der Waals surface area contributed by atoms with E-state index in [9.17, 15) is 30.4 Å². The Hall–Kier alpha value is 0.197. The molecule has 0 amide bonds. The van der Waals surface area contributed by atoms with Crippen LogP contribution in [0.25, 0.3) is 0 Å². The smallest absolute Gasteiger partial charge is 0.256 e. The van der Waals surface area contributed by atoms with E-state index in [-0.39, 0.29) is 18.9 Å². The molecule has 0 saturated carbocycles. The Morgan fingerprint density at radius 3 is 1.25 bits per heavy atom. The fourth-order valence-corrected chi connectivity index (χ4v) is 0.529. The summed E-state index contributed by atoms with van der Waals surface area (Å²) in [5.41, 5.74) is 0. The molecular weight excluding hydrogens is 202 g/mol. The summed E-state index contributed by atoms with van der Waals surface area (Å²) in [5, 5.41) is -5.76. The first kappa shape index (κ1) is 14.7. The Balaban J connectivity index is 0. The van der Waals surface area contributed by atoms with Crippen molar-refractivity contribution >= 4 is 9.84 Å². The van der Waals surface area contributed by atoms with Crippen molar-refractivity contribution in [2.45, 2.75) is 11.4 Å². The fraction of sp³-hybridized carbons (Fsp3) is 0.667. The maximum atomic E-state index is 11.7. The minimum Gasteiger partial charge on any atom is -0.256 e. The van der Waals surface area contributed by atoms with Gasteiger partial charge < -0.3 is 0 Å². The number of halogens is 5. The SMILES string of the molecule is [CH2-]S(=O)(=O)C(F)(F)C(F)(F)F.[Li+]. The Kier molecular flexibility index (Phi) is 4.31. The predicted octanol–water partition coefficient (Wildman–Crippen LogP) is -1.65. The summed E-state index contributed by atoms with van der Waals surface area (Å²) in [6.45, 7) is 0. The van der Waals surface area contributed by atoms with Gasteiger partial charge in [0.2, 0.25) is 0 Å². The van der Waals surface area contributed by atoms with Crippen molar-refractivity contribution in [1.29, 1.82) is 0 Å². The molecule has 0 unspecified atom stereocenters. The van der Waals surface area contributed by atoms with Gasteiger partial charge in [0.25, 0.3) is 0 Å². The summed E-state index contributed by atoms with van der Waals surface area (Å²) in [6.07, 6.45) is -4.39. The average Bonchev–Trinajstić information content (AvgIpc) is 1.58. The second-order valence-electron chi connectivity index (χ2n) is 1.63. The molecule has 0 aromatic carbocycles. The zero-order valence-electron chi connectivity index (χ0n) is 5.82. The molecule has 0 bridgehead atoms. The molecule has 0 aliphatic carbocycles. The number of sulfone groups is 1. The third kappa shape index (κ3) is 2.60. The van der Waals surface area contributed by atoms with E-state index in [1.807, 2.05) is 0 Å². The van der Waals surface area contributed by atoms with Crippen LogP contribution in [0.15, 0.2) is 0 Å². The van der Waals surface area contributed by atoms with Gasteiger partial charge in [-0.25, -0.2) is 6.26 Å². The molecular formula is C3H2F5LiO2S. The van der Waals surface area contributed by atoms with Gasteiger partial charge in [-0.2, -0.15) is 22.0 Å². The first-order valence-electron chi connectivity index (χ1n) is 2.02. The molecule has 0 radical (unpaired) electrons. The van der Waals surface area contributed by atoms with Crippen LogP contribution in [0.1, 0.15) is 0 Å². The van der Waals surface area contributed by atoms with Crippen LogP contribution in [0, 0.1) is 6.26 Å². The molecule has 0 N–H and O–H groups in total. The van der Waals surface area contributed by atoms with Gasteiger partial charge in [0, 0.05) is 0 Å². The Morgan fingerprint density at radius 2 is 1.25 bits per heavy atom. The van der Waals surface area contributed by atoms with Gasteiger partial charge in [0.05, 0.1) is 9.84 Å². The van der Waals surface area contributed by atoms with Crippen LogP contribution >= 0.6 is 0 Å². The molecule has 12 heavy (non-hydrogen) atoms. The second-order valence-corrected chi connectivity index (χ2v) is 3.37. The Morgan fingerprint density at radius 1 is 1.00 bits per heavy atom. The summed E-state index contributed by atoms with van der Waals surface area (Å²) >= 11 is 0. The standard InChI is InChI=1S/C3H2F5O2S.Li/c1-11(9,10)3(7,8)2(4,5)6;/h1H2;/q-1;+1. The van der Waals surface area contributed by atoms with Crippen LogP contribution in [0.3, 0.4) is 0 Å². The molecule has 0 aromatic rings. The van der Waals surface area contributed by atoms with Crippen LogP contribution < -0.4 is 18.9 Å². The van der Waals surface area contributed by atoms with Crippen molar-refractivity contribution in [3.05, 3.63) is 6.26 Å². The van der Waals surface area contributed by atoms with Gasteiger partial charge in [-0.1, -0.05) is 0 Å². The summed E-state index contributed by atoms with van der Waals surface area (Å²) in [5.74, 6) is 0. The summed E-state index contributed by atoms with van der Waals surface area (Å²) in [6, 6.07) is 0. The molecule has 0 aromatic heterocycles. The maximum Gasteiger partial charge on any atom is 1.00 e. The molecule has 0 aliphatic rings. The van der Waals surface area contributed by atoms with Crippen LogP contribution in [-0.2, 0) is 9.84 Å². The van der Waals surface area contributed by atoms with E-state index < -0.39 is 21.3 Å². The van der Waals surface area contributed by atoms with Crippen molar-refractivity contribution in [3.8, 4) is 0 Å². The van der Waals surface area contributed by atoms with E-state index in [0.29, 0.717) is 0 Å². The van der Waals surface area contributed by atoms with Gasteiger partial charge >= 0.3 is 30.3 Å². The summed E-state index contributed by atoms with van der Waals surface area (Å²) < 4.78 is 76.2. The Bertz CT molecular complexity index is 242. The Labute approximate surface area is 77.2 Å². The van der Waals surface area contributed by atoms with E-state index in [1.54, 1.807) is 6.26 Å². The molecule has 0 heterocycles. The van der Waals surface area contributed by atoms with E-state index in [0.717, 1.165) is 0 Å². The number of alkyl halides is 5. The van der Waals surface area contributed by atoms with Crippen LogP contribution in [-0.4, -0.2) is 19.8 Å². The van der Waals surface area contributed by atoms with Crippen molar-refractivity contribution < 1.29 is 49.2 Å². The van der Waals surface area contributed by atoms with Gasteiger partial charge in [-0.15, -0.1) is 0 Å². The van der Waals surface area contributed by atoms with Gasteiger partial charge in [0.15, 0.2) is 0 Å². The van der Waals surface area contributed by atoms with E-state index in [4.69, 9.17) is 0 Å². The maximum absolute atomic E-state index is 11.7. The van der Waals surface area contributed by atoms with Crippen LogP contribution in [0.2, 0.25) is 0 Å². The molecule has 0 spiro atoms. The molecule has 2 nitrogen and oxygen atoms in total. The van der Waals surface area contributed by atoms with E-state index >= 15 is 0 Å². The monoisotopic (exact) mass is 204 g/mol. The zero-order valence-corrected chi connectivity index (χ0v) is 6.64. The van der Waals surface area contributed by atoms with Crippen molar-refractivity contribution in [3.63, 3.8) is 0 Å². The van der Waals surface area contributed by atoms with Crippen molar-refractivity contribution in [1.82, 2.24) is 0 Å². The van der Waals surface area contributed by atoms with Gasteiger partial charge in [0.1, 0.15) is 0 Å². The average molecular weight is 204 g/mol. The van der Waals surface area contributed by atoms with E-state index in [2.05, 4.69) is 0 Å². The number of rotatable bonds is 1. The minimum atomic E-state index is -6.10. The van der Waals surface area contributed by atoms with Gasteiger partial charge in [-0.3, -0.25) is 8.42 Å². The summed E-state index contributed by atoms with van der Waals surface area (Å²) in [7, 11) is -5.67. The quantitative estimate of drug-likeness (QED) is 0.291. The number of hydrogen-bond donors (Lipinski definition) is 0. The third-order valence-corrected chi connectivity index (χ3v) is 1.73. The van der Waals surface area contributed by atoms with Crippen molar-refractivity contribution in [2.75, 3.05) is 0 Å². The van der Waals surface area contributed by atoms with Crippen molar-refractivity contribution in [2.24, 2.45) is 0 Å². The van der Waals surface area contributed by atoms with Crippen LogP contribution in [0.4, 0.5) is 22.0 Å². The molecule has 68 valence electrons. The first-order valence-corrected chi connectivity index (χ1v) is 3.67. The topological polar surface area (TPSA) is 34.1 Å². The first-order chi connectivity index (χ1) is 4.50. The molecule has 0 fully saturated rings. The fourth-order valence-electron chi connectivity index (χ4n) is 0.176. The third-order valence-electron chi connectivity index (χ3n) is 0.721. The van der Waals surface area contributed by atoms with E-state index in [1.165, 1.54) is 0 Å². The molecule has 0 rings (SSSR count). The van der Waals surface area contributed by atoms with Gasteiger partial charge in [-0.05, 0) is 0 Å². The zero-order chi connectivity index (χ0) is 9.50.